The van der Waals surface area contributed by atoms with Crippen molar-refractivity contribution < 1.29 is 14.6 Å². The zero-order valence-electron chi connectivity index (χ0n) is 25.9. The molecular formula is C38H46N2O3S. The Hall–Kier alpha value is -3.06. The van der Waals surface area contributed by atoms with Crippen LogP contribution in [0.5, 0.6) is 17.2 Å². The molecule has 3 fully saturated rings. The highest BCUT2D eigenvalue weighted by Crippen LogP contribution is 2.41. The Morgan fingerprint density at radius 2 is 1.48 bits per heavy atom. The van der Waals surface area contributed by atoms with Crippen LogP contribution < -0.4 is 9.47 Å². The molecule has 0 amide bonds. The van der Waals surface area contributed by atoms with Crippen molar-refractivity contribution in [3.8, 4) is 27.7 Å². The Bertz CT molecular complexity index is 1500. The maximum atomic E-state index is 10.2. The smallest absolute Gasteiger partial charge is 0.119 e. The van der Waals surface area contributed by atoms with Gasteiger partial charge in [-0.3, -0.25) is 9.80 Å². The second-order valence-electron chi connectivity index (χ2n) is 12.9. The molecule has 2 saturated heterocycles. The number of hydrogen-bond acceptors (Lipinski definition) is 6. The summed E-state index contributed by atoms with van der Waals surface area (Å²) in [5.41, 5.74) is 3.76. The van der Waals surface area contributed by atoms with Gasteiger partial charge in [-0.1, -0.05) is 25.0 Å². The SMILES string of the molecule is Oc1ccc2c(Cc3ccc(O[C@H]4CCCC[C@@H]4N4CCCCC4)cc3)c(-c3ccc(OCCN4CCCC4)cc3)sc2c1. The van der Waals surface area contributed by atoms with Crippen LogP contribution in [0.25, 0.3) is 20.5 Å². The Balaban J connectivity index is 1.06. The minimum absolute atomic E-state index is 0.292. The molecule has 232 valence electrons. The minimum Gasteiger partial charge on any atom is -0.508 e. The van der Waals surface area contributed by atoms with E-state index in [0.29, 0.717) is 17.9 Å². The summed E-state index contributed by atoms with van der Waals surface area (Å²) in [5.74, 6) is 2.22. The quantitative estimate of drug-likeness (QED) is 0.195. The van der Waals surface area contributed by atoms with Crippen LogP contribution in [-0.2, 0) is 6.42 Å². The summed E-state index contributed by atoms with van der Waals surface area (Å²) >= 11 is 1.75. The van der Waals surface area contributed by atoms with Gasteiger partial charge in [0.05, 0.1) is 0 Å². The topological polar surface area (TPSA) is 45.2 Å². The number of thiophene rings is 1. The van der Waals surface area contributed by atoms with Crippen LogP contribution in [0.4, 0.5) is 0 Å². The molecular weight excluding hydrogens is 564 g/mol. The first kappa shape index (κ1) is 29.6. The molecule has 0 bridgehead atoms. The molecule has 7 rings (SSSR count). The summed E-state index contributed by atoms with van der Waals surface area (Å²) in [4.78, 5) is 6.44. The molecule has 0 unspecified atom stereocenters. The average Bonchev–Trinajstić information content (AvgIpc) is 3.71. The number of fused-ring (bicyclic) bond motifs is 1. The number of benzene rings is 3. The summed E-state index contributed by atoms with van der Waals surface area (Å²) in [6.45, 7) is 6.57. The van der Waals surface area contributed by atoms with Crippen molar-refractivity contribution in [2.24, 2.45) is 0 Å². The van der Waals surface area contributed by atoms with Gasteiger partial charge in [0.2, 0.25) is 0 Å². The zero-order valence-corrected chi connectivity index (χ0v) is 26.7. The number of likely N-dealkylation sites (tertiary alicyclic amines) is 2. The second kappa shape index (κ2) is 13.9. The number of rotatable bonds is 10. The van der Waals surface area contributed by atoms with Crippen molar-refractivity contribution in [3.05, 3.63) is 77.9 Å². The second-order valence-corrected chi connectivity index (χ2v) is 14.0. The first-order valence-corrected chi connectivity index (χ1v) is 17.7. The van der Waals surface area contributed by atoms with Gasteiger partial charge in [-0.15, -0.1) is 11.3 Å². The number of aromatic hydroxyl groups is 1. The lowest BCUT2D eigenvalue weighted by atomic mass is 9.90. The van der Waals surface area contributed by atoms with E-state index >= 15 is 0 Å². The largest absolute Gasteiger partial charge is 0.508 e. The lowest BCUT2D eigenvalue weighted by Crippen LogP contribution is -2.49. The predicted octanol–water partition coefficient (Wildman–Crippen LogP) is 8.52. The van der Waals surface area contributed by atoms with Gasteiger partial charge in [0.25, 0.3) is 0 Å². The molecule has 44 heavy (non-hydrogen) atoms. The highest BCUT2D eigenvalue weighted by atomic mass is 32.1. The first-order valence-electron chi connectivity index (χ1n) is 16.9. The minimum atomic E-state index is 0.292. The number of phenols is 1. The summed E-state index contributed by atoms with van der Waals surface area (Å²) < 4.78 is 13.9. The molecule has 4 aromatic rings. The molecule has 3 aromatic carbocycles. The van der Waals surface area contributed by atoms with E-state index < -0.39 is 0 Å². The van der Waals surface area contributed by atoms with Crippen molar-refractivity contribution in [1.82, 2.24) is 9.80 Å². The molecule has 6 heteroatoms. The third-order valence-corrected chi connectivity index (χ3v) is 11.1. The number of phenolic OH excluding ortho intramolecular Hbond substituents is 1. The van der Waals surface area contributed by atoms with Crippen LogP contribution in [-0.4, -0.2) is 66.4 Å². The molecule has 1 aliphatic carbocycles. The highest BCUT2D eigenvalue weighted by Gasteiger charge is 2.32. The fourth-order valence-corrected chi connectivity index (χ4v) is 8.76. The van der Waals surface area contributed by atoms with Gasteiger partial charge in [-0.25, -0.2) is 0 Å². The van der Waals surface area contributed by atoms with Crippen molar-refractivity contribution in [1.29, 1.82) is 0 Å². The van der Waals surface area contributed by atoms with E-state index in [1.54, 1.807) is 17.4 Å². The Labute approximate surface area is 266 Å². The fourth-order valence-electron chi connectivity index (χ4n) is 7.50. The average molecular weight is 611 g/mol. The standard InChI is InChI=1S/C38H46N2O3S/c41-30-14-19-33-34(38(44-37(33)27-30)29-12-17-31(18-13-29)42-25-24-39-20-6-7-21-39)26-28-10-15-32(16-11-28)43-36-9-3-2-8-35(36)40-22-4-1-5-23-40/h10-19,27,35-36,41H,1-9,20-26H2/t35-,36-/m0/s1. The van der Waals surface area contributed by atoms with Gasteiger partial charge in [-0.2, -0.15) is 0 Å². The number of hydrogen-bond donors (Lipinski definition) is 1. The number of nitrogens with zero attached hydrogens (tertiary/aromatic N) is 2. The van der Waals surface area contributed by atoms with Crippen LogP contribution in [0, 0.1) is 0 Å². The Morgan fingerprint density at radius 1 is 0.750 bits per heavy atom. The van der Waals surface area contributed by atoms with E-state index in [1.807, 2.05) is 6.07 Å². The van der Waals surface area contributed by atoms with Crippen molar-refractivity contribution in [2.75, 3.05) is 39.3 Å². The lowest BCUT2D eigenvalue weighted by Gasteiger charge is -2.41. The van der Waals surface area contributed by atoms with Gasteiger partial charge in [0, 0.05) is 22.2 Å². The van der Waals surface area contributed by atoms with E-state index in [2.05, 4.69) is 64.4 Å². The van der Waals surface area contributed by atoms with Gasteiger partial charge < -0.3 is 14.6 Å². The van der Waals surface area contributed by atoms with Crippen molar-refractivity contribution >= 4 is 21.4 Å². The van der Waals surface area contributed by atoms with Crippen LogP contribution >= 0.6 is 11.3 Å². The summed E-state index contributed by atoms with van der Waals surface area (Å²) in [6, 6.07) is 23.7. The van der Waals surface area contributed by atoms with Crippen LogP contribution in [0.1, 0.15) is 68.9 Å². The first-order chi connectivity index (χ1) is 21.7. The summed E-state index contributed by atoms with van der Waals surface area (Å²) in [6.07, 6.45) is 12.8. The normalized spacial score (nSPS) is 21.5. The molecule has 2 atom stereocenters. The molecule has 0 radical (unpaired) electrons. The van der Waals surface area contributed by atoms with Crippen LogP contribution in [0.2, 0.25) is 0 Å². The zero-order chi connectivity index (χ0) is 29.7. The van der Waals surface area contributed by atoms with Gasteiger partial charge in [0.1, 0.15) is 30.0 Å². The molecule has 1 saturated carbocycles. The molecule has 2 aliphatic heterocycles. The van der Waals surface area contributed by atoms with Gasteiger partial charge in [-0.05, 0) is 154 Å². The van der Waals surface area contributed by atoms with Crippen molar-refractivity contribution in [2.45, 2.75) is 76.4 Å². The molecule has 0 spiro atoms. The summed E-state index contributed by atoms with van der Waals surface area (Å²) in [7, 11) is 0. The Kier molecular flexibility index (Phi) is 9.38. The number of piperidine rings is 1. The van der Waals surface area contributed by atoms with E-state index in [1.165, 1.54) is 104 Å². The molecule has 1 N–H and O–H groups in total. The van der Waals surface area contributed by atoms with Gasteiger partial charge >= 0.3 is 0 Å². The lowest BCUT2D eigenvalue weighted by molar-refractivity contribution is 0.0261. The Morgan fingerprint density at radius 3 is 2.27 bits per heavy atom. The predicted molar refractivity (Wildman–Crippen MR) is 181 cm³/mol. The van der Waals surface area contributed by atoms with Gasteiger partial charge in [0.15, 0.2) is 0 Å². The van der Waals surface area contributed by atoms with E-state index in [0.717, 1.165) is 42.2 Å². The molecule has 1 aromatic heterocycles. The molecule has 3 heterocycles. The fraction of sp³-hybridized carbons (Fsp3) is 0.474. The maximum absolute atomic E-state index is 10.2. The summed E-state index contributed by atoms with van der Waals surface area (Å²) in [5, 5.41) is 11.4. The van der Waals surface area contributed by atoms with E-state index in [-0.39, 0.29) is 0 Å². The number of ether oxygens (including phenoxy) is 2. The third-order valence-electron chi connectivity index (χ3n) is 9.89. The monoisotopic (exact) mass is 610 g/mol. The molecule has 5 nitrogen and oxygen atoms in total. The van der Waals surface area contributed by atoms with E-state index in [9.17, 15) is 5.11 Å². The van der Waals surface area contributed by atoms with Crippen molar-refractivity contribution in [3.63, 3.8) is 0 Å². The van der Waals surface area contributed by atoms with E-state index in [4.69, 9.17) is 9.47 Å². The maximum Gasteiger partial charge on any atom is 0.119 e. The highest BCUT2D eigenvalue weighted by molar-refractivity contribution is 7.22. The van der Waals surface area contributed by atoms with Crippen LogP contribution in [0.15, 0.2) is 66.7 Å². The molecule has 3 aliphatic rings. The van der Waals surface area contributed by atoms with Crippen LogP contribution in [0.3, 0.4) is 0 Å². The third kappa shape index (κ3) is 6.93.